The van der Waals surface area contributed by atoms with Crippen molar-refractivity contribution in [1.29, 1.82) is 0 Å². The molecule has 1 heterocycles. The third-order valence-corrected chi connectivity index (χ3v) is 4.01. The molecule has 0 amide bonds. The van der Waals surface area contributed by atoms with Gasteiger partial charge in [0.1, 0.15) is 13.1 Å². The van der Waals surface area contributed by atoms with Crippen LogP contribution in [0.2, 0.25) is 0 Å². The topological polar surface area (TPSA) is 61.8 Å². The highest BCUT2D eigenvalue weighted by Gasteiger charge is 2.12. The van der Waals surface area contributed by atoms with E-state index in [-0.39, 0.29) is 0 Å². The van der Waals surface area contributed by atoms with Gasteiger partial charge in [-0.2, -0.15) is 0 Å². The van der Waals surface area contributed by atoms with E-state index in [9.17, 15) is 0 Å². The summed E-state index contributed by atoms with van der Waals surface area (Å²) in [5, 5.41) is 7.25. The highest BCUT2D eigenvalue weighted by Crippen LogP contribution is 2.07. The van der Waals surface area contributed by atoms with Crippen molar-refractivity contribution < 1.29 is 9.64 Å². The summed E-state index contributed by atoms with van der Waals surface area (Å²) < 4.78 is 5.34. The van der Waals surface area contributed by atoms with Gasteiger partial charge >= 0.3 is 0 Å². The van der Waals surface area contributed by atoms with Crippen LogP contribution in [-0.2, 0) is 4.74 Å². The summed E-state index contributed by atoms with van der Waals surface area (Å²) in [6, 6.07) is 8.01. The molecule has 0 saturated carbocycles. The van der Waals surface area contributed by atoms with E-state index in [1.807, 2.05) is 31.2 Å². The second kappa shape index (κ2) is 9.61. The van der Waals surface area contributed by atoms with Gasteiger partial charge < -0.3 is 20.3 Å². The average Bonchev–Trinajstić information content (AvgIpc) is 2.56. The summed E-state index contributed by atoms with van der Waals surface area (Å²) in [7, 11) is 0. The van der Waals surface area contributed by atoms with Crippen molar-refractivity contribution in [2.45, 2.75) is 6.92 Å². The molecule has 0 radical (unpaired) electrons. The first-order valence-electron chi connectivity index (χ1n) is 7.72. The largest absolute Gasteiger partial charge is 0.370 e. The van der Waals surface area contributed by atoms with Crippen molar-refractivity contribution in [3.05, 3.63) is 29.8 Å². The number of quaternary nitrogens is 1. The lowest BCUT2D eigenvalue weighted by Crippen LogP contribution is -3.14. The number of benzene rings is 1. The standard InChI is InChI=1S/C15H23N5OS2/c1-12-2-4-13(5-3-12)17-15(23)19-18-14(22)16-6-7-20-8-10-21-11-9-20/h2-5H,6-11H2,1H3,(H2,16,18,22)(H2,17,19,23)/p+1. The molecule has 1 aromatic rings. The van der Waals surface area contributed by atoms with Crippen LogP contribution in [0.3, 0.4) is 0 Å². The Hall–Kier alpha value is -1.48. The molecule has 23 heavy (non-hydrogen) atoms. The Labute approximate surface area is 147 Å². The maximum absolute atomic E-state index is 5.34. The number of morpholine rings is 1. The second-order valence-corrected chi connectivity index (χ2v) is 6.25. The zero-order valence-corrected chi connectivity index (χ0v) is 14.9. The highest BCUT2D eigenvalue weighted by atomic mass is 32.1. The monoisotopic (exact) mass is 354 g/mol. The fraction of sp³-hybridized carbons (Fsp3) is 0.467. The van der Waals surface area contributed by atoms with Gasteiger partial charge in [-0.05, 0) is 43.5 Å². The van der Waals surface area contributed by atoms with Gasteiger partial charge in [-0.25, -0.2) is 0 Å². The molecular weight excluding hydrogens is 330 g/mol. The predicted octanol–water partition coefficient (Wildman–Crippen LogP) is -0.424. The van der Waals surface area contributed by atoms with Crippen LogP contribution < -0.4 is 26.4 Å². The summed E-state index contributed by atoms with van der Waals surface area (Å²) in [6.07, 6.45) is 0. The first-order valence-corrected chi connectivity index (χ1v) is 8.54. The summed E-state index contributed by atoms with van der Waals surface area (Å²) in [6.45, 7) is 7.70. The van der Waals surface area contributed by atoms with E-state index in [0.717, 1.165) is 45.1 Å². The van der Waals surface area contributed by atoms with Crippen LogP contribution in [0.1, 0.15) is 5.56 Å². The molecule has 0 unspecified atom stereocenters. The van der Waals surface area contributed by atoms with Gasteiger partial charge in [0.05, 0.1) is 26.3 Å². The molecule has 1 fully saturated rings. The van der Waals surface area contributed by atoms with Crippen molar-refractivity contribution in [2.24, 2.45) is 0 Å². The minimum absolute atomic E-state index is 0.469. The maximum atomic E-state index is 5.34. The van der Waals surface area contributed by atoms with E-state index in [4.69, 9.17) is 29.2 Å². The van der Waals surface area contributed by atoms with Crippen molar-refractivity contribution in [3.63, 3.8) is 0 Å². The summed E-state index contributed by atoms with van der Waals surface area (Å²) in [5.74, 6) is 0. The quantitative estimate of drug-likeness (QED) is 0.372. The van der Waals surface area contributed by atoms with E-state index in [1.54, 1.807) is 0 Å². The SMILES string of the molecule is Cc1ccc(NC(=S)NNC(=S)NCC[NH+]2CCOCC2)cc1. The Morgan fingerprint density at radius 3 is 2.43 bits per heavy atom. The van der Waals surface area contributed by atoms with Crippen molar-refractivity contribution in [1.82, 2.24) is 16.2 Å². The summed E-state index contributed by atoms with van der Waals surface area (Å²) in [4.78, 5) is 1.54. The third kappa shape index (κ3) is 7.08. The van der Waals surface area contributed by atoms with Gasteiger partial charge in [0.15, 0.2) is 10.2 Å². The van der Waals surface area contributed by atoms with Crippen LogP contribution in [0.4, 0.5) is 5.69 Å². The molecule has 1 saturated heterocycles. The van der Waals surface area contributed by atoms with Gasteiger partial charge in [-0.3, -0.25) is 10.9 Å². The molecule has 2 rings (SSSR count). The van der Waals surface area contributed by atoms with E-state index < -0.39 is 0 Å². The minimum atomic E-state index is 0.469. The van der Waals surface area contributed by atoms with Gasteiger partial charge in [0, 0.05) is 5.69 Å². The van der Waals surface area contributed by atoms with Crippen LogP contribution >= 0.6 is 24.4 Å². The zero-order valence-electron chi connectivity index (χ0n) is 13.3. The van der Waals surface area contributed by atoms with Crippen LogP contribution in [-0.4, -0.2) is 49.6 Å². The van der Waals surface area contributed by atoms with Crippen molar-refractivity contribution in [3.8, 4) is 0 Å². The smallest absolute Gasteiger partial charge is 0.189 e. The third-order valence-electron chi connectivity index (χ3n) is 3.56. The Balaban J connectivity index is 1.58. The fourth-order valence-corrected chi connectivity index (χ4v) is 2.54. The molecule has 0 aliphatic carbocycles. The van der Waals surface area contributed by atoms with Crippen LogP contribution in [0.5, 0.6) is 0 Å². The number of hydrazine groups is 1. The lowest BCUT2D eigenvalue weighted by atomic mass is 10.2. The molecule has 1 aliphatic rings. The Bertz CT molecular complexity index is 517. The Morgan fingerprint density at radius 2 is 1.74 bits per heavy atom. The predicted molar refractivity (Wildman–Crippen MR) is 101 cm³/mol. The molecule has 5 N–H and O–H groups in total. The lowest BCUT2D eigenvalue weighted by Gasteiger charge is -2.24. The number of hydrogen-bond donors (Lipinski definition) is 5. The van der Waals surface area contributed by atoms with Crippen molar-refractivity contribution in [2.75, 3.05) is 44.7 Å². The minimum Gasteiger partial charge on any atom is -0.370 e. The molecule has 0 atom stereocenters. The molecule has 6 nitrogen and oxygen atoms in total. The Morgan fingerprint density at radius 1 is 1.09 bits per heavy atom. The van der Waals surface area contributed by atoms with Crippen LogP contribution in [0.25, 0.3) is 0 Å². The number of anilines is 1. The molecule has 0 aromatic heterocycles. The first-order chi connectivity index (χ1) is 11.1. The average molecular weight is 355 g/mol. The number of ether oxygens (including phenoxy) is 1. The number of nitrogens with one attached hydrogen (secondary N) is 5. The molecular formula is C15H24N5OS2+. The van der Waals surface area contributed by atoms with Crippen LogP contribution in [0.15, 0.2) is 24.3 Å². The number of aryl methyl sites for hydroxylation is 1. The molecule has 126 valence electrons. The van der Waals surface area contributed by atoms with Gasteiger partial charge in [0.25, 0.3) is 0 Å². The number of hydrogen-bond acceptors (Lipinski definition) is 3. The Kier molecular flexibility index (Phi) is 7.47. The second-order valence-electron chi connectivity index (χ2n) is 5.44. The van der Waals surface area contributed by atoms with E-state index in [2.05, 4.69) is 21.5 Å². The van der Waals surface area contributed by atoms with Crippen molar-refractivity contribution >= 4 is 40.3 Å². The molecule has 1 aliphatic heterocycles. The first kappa shape index (κ1) is 17.9. The zero-order chi connectivity index (χ0) is 16.5. The summed E-state index contributed by atoms with van der Waals surface area (Å²) >= 11 is 10.4. The maximum Gasteiger partial charge on any atom is 0.189 e. The van der Waals surface area contributed by atoms with Gasteiger partial charge in [0.2, 0.25) is 0 Å². The van der Waals surface area contributed by atoms with E-state index >= 15 is 0 Å². The van der Waals surface area contributed by atoms with Gasteiger partial charge in [-0.15, -0.1) is 0 Å². The number of thiocarbonyl (C=S) groups is 2. The molecule has 0 bridgehead atoms. The van der Waals surface area contributed by atoms with E-state index in [1.165, 1.54) is 10.5 Å². The number of rotatable bonds is 4. The molecule has 8 heteroatoms. The lowest BCUT2D eigenvalue weighted by molar-refractivity contribution is -0.906. The highest BCUT2D eigenvalue weighted by molar-refractivity contribution is 7.80. The molecule has 1 aromatic carbocycles. The van der Waals surface area contributed by atoms with Crippen LogP contribution in [0, 0.1) is 6.92 Å². The fourth-order valence-electron chi connectivity index (χ4n) is 2.22. The molecule has 0 spiro atoms. The van der Waals surface area contributed by atoms with Gasteiger partial charge in [-0.1, -0.05) is 17.7 Å². The summed E-state index contributed by atoms with van der Waals surface area (Å²) in [5.41, 5.74) is 7.90. The normalized spacial score (nSPS) is 14.8. The van der Waals surface area contributed by atoms with E-state index in [0.29, 0.717) is 10.2 Å².